The Morgan fingerprint density at radius 2 is 1.75 bits per heavy atom. The molecule has 3 aromatic rings. The summed E-state index contributed by atoms with van der Waals surface area (Å²) < 4.78 is 4.63. The third kappa shape index (κ3) is 4.36. The van der Waals surface area contributed by atoms with Crippen LogP contribution in [-0.2, 0) is 19.1 Å². The number of carbonyl (C=O) groups is 3. The molecule has 2 aromatic carbocycles. The summed E-state index contributed by atoms with van der Waals surface area (Å²) in [6.45, 7) is 3.69. The van der Waals surface area contributed by atoms with Gasteiger partial charge in [-0.1, -0.05) is 0 Å². The Kier molecular flexibility index (Phi) is 6.10. The van der Waals surface area contributed by atoms with Crippen LogP contribution in [0.1, 0.15) is 22.7 Å². The second-order valence-electron chi connectivity index (χ2n) is 6.98. The number of fused-ring (bicyclic) bond motifs is 1. The molecule has 1 heterocycles. The molecule has 32 heavy (non-hydrogen) atoms. The Hall–Kier alpha value is -4.41. The molecule has 11 heteroatoms. The first-order valence-electron chi connectivity index (χ1n) is 9.31. The van der Waals surface area contributed by atoms with Gasteiger partial charge in [0.2, 0.25) is 5.78 Å². The number of hydrogen-bond donors (Lipinski definition) is 2. The van der Waals surface area contributed by atoms with E-state index in [2.05, 4.69) is 20.0 Å². The van der Waals surface area contributed by atoms with E-state index in [0.717, 1.165) is 30.4 Å². The number of H-pyrrole nitrogens is 1. The van der Waals surface area contributed by atoms with Gasteiger partial charge in [-0.25, -0.2) is 4.98 Å². The second kappa shape index (κ2) is 8.76. The van der Waals surface area contributed by atoms with Gasteiger partial charge in [-0.05, 0) is 49.2 Å². The maximum absolute atomic E-state index is 12.8. The SMILES string of the molecule is COC(=O)[C@@H](C(=O)C(=O)Nc1ccc([N+](=O)[O-])cc1)c1nc2cc(C)c(C)cc2[nH]c1=O. The van der Waals surface area contributed by atoms with Gasteiger partial charge in [-0.2, -0.15) is 0 Å². The Labute approximate surface area is 180 Å². The lowest BCUT2D eigenvalue weighted by molar-refractivity contribution is -0.384. The average Bonchev–Trinajstić information content (AvgIpc) is 2.75. The maximum atomic E-state index is 12.8. The van der Waals surface area contributed by atoms with Crippen LogP contribution < -0.4 is 10.9 Å². The molecule has 0 aliphatic heterocycles. The highest BCUT2D eigenvalue weighted by Gasteiger charge is 2.37. The summed E-state index contributed by atoms with van der Waals surface area (Å²) in [5, 5.41) is 13.0. The first-order chi connectivity index (χ1) is 15.1. The van der Waals surface area contributed by atoms with Crippen LogP contribution in [0.25, 0.3) is 11.0 Å². The van der Waals surface area contributed by atoms with Gasteiger partial charge < -0.3 is 15.0 Å². The minimum atomic E-state index is -1.90. The summed E-state index contributed by atoms with van der Waals surface area (Å²) in [4.78, 5) is 67.1. The zero-order chi connectivity index (χ0) is 23.6. The van der Waals surface area contributed by atoms with Gasteiger partial charge in [0.05, 0.1) is 23.1 Å². The number of anilines is 1. The highest BCUT2D eigenvalue weighted by molar-refractivity contribution is 6.45. The fourth-order valence-corrected chi connectivity index (χ4v) is 3.01. The van der Waals surface area contributed by atoms with E-state index in [9.17, 15) is 29.3 Å². The number of amides is 1. The maximum Gasteiger partial charge on any atom is 0.323 e. The molecule has 0 saturated carbocycles. The number of non-ortho nitro benzene ring substituents is 1. The largest absolute Gasteiger partial charge is 0.468 e. The molecule has 0 spiro atoms. The molecule has 164 valence electrons. The first kappa shape index (κ1) is 22.3. The lowest BCUT2D eigenvalue weighted by Crippen LogP contribution is -2.37. The molecule has 0 aliphatic rings. The highest BCUT2D eigenvalue weighted by atomic mass is 16.6. The van der Waals surface area contributed by atoms with Gasteiger partial charge in [0.15, 0.2) is 5.92 Å². The van der Waals surface area contributed by atoms with Gasteiger partial charge in [0, 0.05) is 17.8 Å². The summed E-state index contributed by atoms with van der Waals surface area (Å²) in [6.07, 6.45) is 0. The van der Waals surface area contributed by atoms with E-state index in [1.165, 1.54) is 12.1 Å². The summed E-state index contributed by atoms with van der Waals surface area (Å²) in [5.41, 5.74) is 1.12. The number of esters is 1. The quantitative estimate of drug-likeness (QED) is 0.194. The number of ether oxygens (including phenoxy) is 1. The number of aromatic nitrogens is 2. The van der Waals surface area contributed by atoms with Crippen molar-refractivity contribution >= 4 is 40.1 Å². The van der Waals surface area contributed by atoms with Gasteiger partial charge >= 0.3 is 5.97 Å². The van der Waals surface area contributed by atoms with E-state index < -0.39 is 39.8 Å². The number of ketones is 1. The number of nitrogens with zero attached hydrogens (tertiary/aromatic N) is 2. The lowest BCUT2D eigenvalue weighted by Gasteiger charge is -2.13. The van der Waals surface area contributed by atoms with E-state index in [1.807, 2.05) is 13.8 Å². The molecular weight excluding hydrogens is 420 g/mol. The van der Waals surface area contributed by atoms with E-state index in [4.69, 9.17) is 0 Å². The number of rotatable bonds is 6. The van der Waals surface area contributed by atoms with E-state index in [1.54, 1.807) is 12.1 Å². The predicted octanol–water partition coefficient (Wildman–Crippen LogP) is 1.91. The number of hydrogen-bond acceptors (Lipinski definition) is 8. The molecule has 1 amide bonds. The predicted molar refractivity (Wildman–Crippen MR) is 113 cm³/mol. The van der Waals surface area contributed by atoms with Crippen molar-refractivity contribution < 1.29 is 24.0 Å². The fourth-order valence-electron chi connectivity index (χ4n) is 3.01. The Balaban J connectivity index is 1.98. The minimum absolute atomic E-state index is 0.0871. The molecule has 2 N–H and O–H groups in total. The molecule has 1 aromatic heterocycles. The second-order valence-corrected chi connectivity index (χ2v) is 6.98. The van der Waals surface area contributed by atoms with Gasteiger partial charge in [0.25, 0.3) is 17.2 Å². The minimum Gasteiger partial charge on any atom is -0.468 e. The van der Waals surface area contributed by atoms with Crippen molar-refractivity contribution in [1.29, 1.82) is 0 Å². The number of aryl methyl sites for hydroxylation is 2. The number of nitro groups is 1. The van der Waals surface area contributed by atoms with Crippen molar-refractivity contribution in [3.63, 3.8) is 0 Å². The Morgan fingerprint density at radius 1 is 1.12 bits per heavy atom. The number of carbonyl (C=O) groups excluding carboxylic acids is 3. The average molecular weight is 438 g/mol. The van der Waals surface area contributed by atoms with Crippen LogP contribution in [0.15, 0.2) is 41.2 Å². The third-order valence-corrected chi connectivity index (χ3v) is 4.87. The number of nitro benzene ring substituents is 1. The van der Waals surface area contributed by atoms with Crippen molar-refractivity contribution in [1.82, 2.24) is 9.97 Å². The number of nitrogens with one attached hydrogen (secondary N) is 2. The number of methoxy groups -OCH3 is 1. The Morgan fingerprint density at radius 3 is 2.34 bits per heavy atom. The fraction of sp³-hybridized carbons (Fsp3) is 0.190. The van der Waals surface area contributed by atoms with Crippen LogP contribution >= 0.6 is 0 Å². The van der Waals surface area contributed by atoms with Crippen molar-refractivity contribution in [2.45, 2.75) is 19.8 Å². The first-order valence-corrected chi connectivity index (χ1v) is 9.31. The highest BCUT2D eigenvalue weighted by Crippen LogP contribution is 2.20. The normalized spacial score (nSPS) is 11.6. The monoisotopic (exact) mass is 438 g/mol. The molecular formula is C21H18N4O7. The van der Waals surface area contributed by atoms with Gasteiger partial charge in [0.1, 0.15) is 5.69 Å². The zero-order valence-corrected chi connectivity index (χ0v) is 17.3. The van der Waals surface area contributed by atoms with Gasteiger partial charge in [-0.3, -0.25) is 29.3 Å². The lowest BCUT2D eigenvalue weighted by atomic mass is 9.99. The number of Topliss-reactive ketones (excluding diaryl/α,β-unsaturated/α-hetero) is 1. The van der Waals surface area contributed by atoms with Crippen molar-refractivity contribution in [2.75, 3.05) is 12.4 Å². The summed E-state index contributed by atoms with van der Waals surface area (Å²) in [7, 11) is 1.01. The van der Waals surface area contributed by atoms with Crippen molar-refractivity contribution in [3.05, 3.63) is 73.7 Å². The van der Waals surface area contributed by atoms with Crippen LogP contribution in [0.2, 0.25) is 0 Å². The third-order valence-electron chi connectivity index (χ3n) is 4.87. The van der Waals surface area contributed by atoms with Crippen molar-refractivity contribution in [3.8, 4) is 0 Å². The van der Waals surface area contributed by atoms with E-state index in [-0.39, 0.29) is 11.4 Å². The number of aromatic amines is 1. The topological polar surface area (TPSA) is 161 Å². The van der Waals surface area contributed by atoms with E-state index in [0.29, 0.717) is 11.0 Å². The van der Waals surface area contributed by atoms with Crippen LogP contribution in [0.4, 0.5) is 11.4 Å². The standard InChI is InChI=1S/C21H18N4O7/c1-10-8-14-15(9-11(10)2)24-19(27)17(23-14)16(21(29)32-3)18(26)20(28)22-12-4-6-13(7-5-12)25(30)31/h4-9,16H,1-3H3,(H,22,28)(H,24,27)/t16-/m1/s1. The molecule has 0 saturated heterocycles. The molecule has 11 nitrogen and oxygen atoms in total. The zero-order valence-electron chi connectivity index (χ0n) is 17.3. The van der Waals surface area contributed by atoms with Crippen LogP contribution in [0.3, 0.4) is 0 Å². The molecule has 0 fully saturated rings. The van der Waals surface area contributed by atoms with Crippen molar-refractivity contribution in [2.24, 2.45) is 0 Å². The molecule has 1 atom stereocenters. The summed E-state index contributed by atoms with van der Waals surface area (Å²) in [6, 6.07) is 8.11. The molecule has 0 aliphatic carbocycles. The molecule has 0 radical (unpaired) electrons. The molecule has 3 rings (SSSR count). The molecule has 0 bridgehead atoms. The Bertz CT molecular complexity index is 1310. The summed E-state index contributed by atoms with van der Waals surface area (Å²) >= 11 is 0. The smallest absolute Gasteiger partial charge is 0.323 e. The van der Waals surface area contributed by atoms with E-state index >= 15 is 0 Å². The van der Waals surface area contributed by atoms with Crippen LogP contribution in [-0.4, -0.2) is 39.7 Å². The van der Waals surface area contributed by atoms with Crippen LogP contribution in [0.5, 0.6) is 0 Å². The van der Waals surface area contributed by atoms with Crippen LogP contribution in [0, 0.1) is 24.0 Å². The molecule has 0 unspecified atom stereocenters. The summed E-state index contributed by atoms with van der Waals surface area (Å²) in [5.74, 6) is -5.50. The van der Waals surface area contributed by atoms with Gasteiger partial charge in [-0.15, -0.1) is 0 Å². The number of benzene rings is 2.